The molecule has 0 saturated heterocycles. The molecule has 2 aliphatic heterocycles. The van der Waals surface area contributed by atoms with Gasteiger partial charge in [-0.1, -0.05) is 12.1 Å². The number of esters is 1. The fraction of sp³-hybridized carbons (Fsp3) is 0.258. The van der Waals surface area contributed by atoms with Crippen molar-refractivity contribution in [1.29, 1.82) is 0 Å². The summed E-state index contributed by atoms with van der Waals surface area (Å²) in [4.78, 5) is 38.2. The van der Waals surface area contributed by atoms with E-state index in [0.717, 1.165) is 6.08 Å². The van der Waals surface area contributed by atoms with Crippen molar-refractivity contribution in [3.05, 3.63) is 68.6 Å². The number of phenolic OH excluding ortho intramolecular Hbond substituents is 3. The number of carboxylic acid groups (broad SMARTS) is 1. The highest BCUT2D eigenvalue weighted by Gasteiger charge is 2.41. The molecule has 1 aromatic heterocycles. The highest BCUT2D eigenvalue weighted by Crippen LogP contribution is 2.52. The fourth-order valence-electron chi connectivity index (χ4n) is 6.22. The lowest BCUT2D eigenvalue weighted by atomic mass is 9.79. The molecule has 7 rings (SSSR count). The number of para-hydroxylation sites is 1. The van der Waals surface area contributed by atoms with E-state index in [1.807, 2.05) is 0 Å². The van der Waals surface area contributed by atoms with Gasteiger partial charge in [0.1, 0.15) is 22.8 Å². The van der Waals surface area contributed by atoms with Crippen molar-refractivity contribution in [3.63, 3.8) is 0 Å². The minimum atomic E-state index is -1.80. The lowest BCUT2D eigenvalue weighted by Gasteiger charge is -2.32. The zero-order chi connectivity index (χ0) is 32.1. The Morgan fingerprint density at radius 3 is 2.47 bits per heavy atom. The molecule has 14 nitrogen and oxygen atoms in total. The average Bonchev–Trinajstić information content (AvgIpc) is 2.96. The lowest BCUT2D eigenvalue weighted by molar-refractivity contribution is -0.172. The molecule has 3 heterocycles. The molecule has 14 heteroatoms. The molecular weight excluding hydrogens is 596 g/mol. The Balaban J connectivity index is 1.48. The van der Waals surface area contributed by atoms with Crippen LogP contribution < -0.4 is 10.2 Å². The molecule has 0 bridgehead atoms. The van der Waals surface area contributed by atoms with Gasteiger partial charge in [0.05, 0.1) is 5.39 Å². The number of aliphatic hydroxyl groups is 3. The molecule has 45 heavy (non-hydrogen) atoms. The summed E-state index contributed by atoms with van der Waals surface area (Å²) in [5.41, 5.74) is -0.547. The van der Waals surface area contributed by atoms with Crippen LogP contribution in [-0.2, 0) is 33.5 Å². The monoisotopic (exact) mass is 620 g/mol. The zero-order valence-corrected chi connectivity index (χ0v) is 23.2. The van der Waals surface area contributed by atoms with Crippen LogP contribution >= 0.6 is 0 Å². The van der Waals surface area contributed by atoms with E-state index < -0.39 is 70.0 Å². The molecule has 0 amide bonds. The van der Waals surface area contributed by atoms with Crippen LogP contribution in [0.5, 0.6) is 23.0 Å². The SMILES string of the molecule is C[C@@]1(O)Cc2cc3c(c(O)c2C(=O)O1)-c1c(c(O)c(O)c2c(=O)c4cccc(O[C@@H]5OC(C(=O)O)=C[C@H](O)[C@H]5O)c4oc12)CC3. The van der Waals surface area contributed by atoms with E-state index in [9.17, 15) is 50.1 Å². The first-order chi connectivity index (χ1) is 21.3. The van der Waals surface area contributed by atoms with Gasteiger partial charge in [-0.2, -0.15) is 0 Å². The summed E-state index contributed by atoms with van der Waals surface area (Å²) in [5.74, 6) is -7.15. The van der Waals surface area contributed by atoms with E-state index >= 15 is 0 Å². The summed E-state index contributed by atoms with van der Waals surface area (Å²) in [5, 5.41) is 73.2. The van der Waals surface area contributed by atoms with Crippen LogP contribution in [0.25, 0.3) is 33.1 Å². The number of aryl methyl sites for hydroxylation is 1. The molecule has 3 aromatic carbocycles. The Labute approximate surface area is 251 Å². The second-order valence-corrected chi connectivity index (χ2v) is 11.3. The number of cyclic esters (lactones) is 1. The van der Waals surface area contributed by atoms with E-state index in [1.54, 1.807) is 6.07 Å². The zero-order valence-electron chi connectivity index (χ0n) is 23.2. The largest absolute Gasteiger partial charge is 0.506 e. The van der Waals surface area contributed by atoms with Gasteiger partial charge in [-0.25, -0.2) is 9.59 Å². The first kappa shape index (κ1) is 28.5. The van der Waals surface area contributed by atoms with Crippen LogP contribution in [0.3, 0.4) is 0 Å². The van der Waals surface area contributed by atoms with E-state index in [0.29, 0.717) is 11.1 Å². The van der Waals surface area contributed by atoms with Crippen molar-refractivity contribution < 1.29 is 64.0 Å². The molecule has 4 atom stereocenters. The number of ether oxygens (including phenoxy) is 3. The molecule has 0 spiro atoms. The third-order valence-electron chi connectivity index (χ3n) is 8.20. The van der Waals surface area contributed by atoms with Gasteiger partial charge in [0.25, 0.3) is 6.29 Å². The Hall–Kier alpha value is -5.31. The van der Waals surface area contributed by atoms with Gasteiger partial charge >= 0.3 is 11.9 Å². The summed E-state index contributed by atoms with van der Waals surface area (Å²) >= 11 is 0. The Bertz CT molecular complexity index is 2090. The lowest BCUT2D eigenvalue weighted by Crippen LogP contribution is -2.45. The quantitative estimate of drug-likeness (QED) is 0.0981. The number of phenols is 3. The van der Waals surface area contributed by atoms with Gasteiger partial charge in [0, 0.05) is 30.0 Å². The number of rotatable bonds is 3. The van der Waals surface area contributed by atoms with E-state index in [4.69, 9.17) is 18.6 Å². The van der Waals surface area contributed by atoms with Crippen LogP contribution in [0.15, 0.2) is 45.3 Å². The maximum absolute atomic E-state index is 13.8. The Morgan fingerprint density at radius 1 is 0.978 bits per heavy atom. The molecule has 0 saturated carbocycles. The summed E-state index contributed by atoms with van der Waals surface area (Å²) < 4.78 is 22.2. The average molecular weight is 621 g/mol. The van der Waals surface area contributed by atoms with Gasteiger partial charge in [0.2, 0.25) is 17.0 Å². The maximum atomic E-state index is 13.8. The molecular formula is C31H24O14. The number of carbonyl (C=O) groups excluding carboxylic acids is 1. The molecule has 7 N–H and O–H groups in total. The number of carbonyl (C=O) groups is 2. The second kappa shape index (κ2) is 9.59. The molecule has 0 fully saturated rings. The van der Waals surface area contributed by atoms with Crippen molar-refractivity contribution in [3.8, 4) is 34.1 Å². The number of aromatic hydroxyl groups is 3. The summed E-state index contributed by atoms with van der Waals surface area (Å²) in [7, 11) is 0. The van der Waals surface area contributed by atoms with Gasteiger partial charge < -0.3 is 54.4 Å². The van der Waals surface area contributed by atoms with E-state index in [1.165, 1.54) is 25.1 Å². The number of aliphatic carboxylic acids is 1. The standard InChI is InChI=1S/C31H24O14/c1-31(41)9-11-7-10-5-6-12-19(17(10)24(36)18(11)29(40)45-31)27-20(25(37)22(12)34)21(33)13-3-2-4-15(26(13)44-27)42-30-23(35)14(32)8-16(43-30)28(38)39/h2-4,7-8,14,23,30,32,34-37,41H,5-6,9H2,1H3,(H,38,39)/t14-,23+,30+,31-/m0/s1. The predicted molar refractivity (Wildman–Crippen MR) is 151 cm³/mol. The summed E-state index contributed by atoms with van der Waals surface area (Å²) in [6.07, 6.45) is -4.09. The van der Waals surface area contributed by atoms with Crippen molar-refractivity contribution in [2.24, 2.45) is 0 Å². The summed E-state index contributed by atoms with van der Waals surface area (Å²) in [6, 6.07) is 5.66. The number of aliphatic hydroxyl groups excluding tert-OH is 2. The molecule has 0 radical (unpaired) electrons. The highest BCUT2D eigenvalue weighted by molar-refractivity contribution is 6.08. The number of benzene rings is 3. The van der Waals surface area contributed by atoms with Crippen LogP contribution in [0.2, 0.25) is 0 Å². The minimum Gasteiger partial charge on any atom is -0.506 e. The van der Waals surface area contributed by atoms with Crippen molar-refractivity contribution in [2.45, 2.75) is 50.5 Å². The third-order valence-corrected chi connectivity index (χ3v) is 8.20. The number of fused-ring (bicyclic) bond motifs is 7. The second-order valence-electron chi connectivity index (χ2n) is 11.3. The van der Waals surface area contributed by atoms with Crippen LogP contribution in [-0.4, -0.2) is 72.0 Å². The maximum Gasteiger partial charge on any atom is 0.371 e. The molecule has 4 aromatic rings. The number of carboxylic acids is 1. The number of hydrogen-bond acceptors (Lipinski definition) is 13. The van der Waals surface area contributed by atoms with Gasteiger partial charge in [-0.05, 0) is 42.2 Å². The van der Waals surface area contributed by atoms with Crippen molar-refractivity contribution >= 4 is 33.9 Å². The Morgan fingerprint density at radius 2 is 1.73 bits per heavy atom. The molecule has 1 aliphatic carbocycles. The molecule has 232 valence electrons. The van der Waals surface area contributed by atoms with Crippen molar-refractivity contribution in [1.82, 2.24) is 0 Å². The highest BCUT2D eigenvalue weighted by atomic mass is 16.7. The minimum absolute atomic E-state index is 0.0151. The predicted octanol–water partition coefficient (Wildman–Crippen LogP) is 1.68. The van der Waals surface area contributed by atoms with E-state index in [-0.39, 0.29) is 63.8 Å². The first-order valence-electron chi connectivity index (χ1n) is 13.7. The normalized spacial score (nSPS) is 23.8. The topological polar surface area (TPSA) is 234 Å². The van der Waals surface area contributed by atoms with Crippen molar-refractivity contribution in [2.75, 3.05) is 0 Å². The van der Waals surface area contributed by atoms with Crippen LogP contribution in [0.1, 0.15) is 34.0 Å². The first-order valence-corrected chi connectivity index (χ1v) is 13.7. The third kappa shape index (κ3) is 4.18. The van der Waals surface area contributed by atoms with E-state index in [2.05, 4.69) is 0 Å². The van der Waals surface area contributed by atoms with Gasteiger partial charge in [-0.15, -0.1) is 0 Å². The van der Waals surface area contributed by atoms with Gasteiger partial charge in [-0.3, -0.25) is 4.79 Å². The molecule has 0 unspecified atom stereocenters. The van der Waals surface area contributed by atoms with Crippen LogP contribution in [0, 0.1) is 0 Å². The Kier molecular flexibility index (Phi) is 6.07. The molecule has 3 aliphatic rings. The van der Waals surface area contributed by atoms with Crippen LogP contribution in [0.4, 0.5) is 0 Å². The fourth-order valence-corrected chi connectivity index (χ4v) is 6.22. The number of hydrogen-bond donors (Lipinski definition) is 7. The summed E-state index contributed by atoms with van der Waals surface area (Å²) in [6.45, 7) is 1.31. The van der Waals surface area contributed by atoms with Gasteiger partial charge in [0.15, 0.2) is 34.5 Å². The smallest absolute Gasteiger partial charge is 0.371 e.